The molecule has 0 bridgehead atoms. The highest BCUT2D eigenvalue weighted by Crippen LogP contribution is 2.30. The van der Waals surface area contributed by atoms with Gasteiger partial charge in [0.1, 0.15) is 0 Å². The Kier molecular flexibility index (Phi) is 8.53. The zero-order valence-electron chi connectivity index (χ0n) is 16.9. The summed E-state index contributed by atoms with van der Waals surface area (Å²) < 4.78 is 16.2. The van der Waals surface area contributed by atoms with Gasteiger partial charge in [0.25, 0.3) is 5.91 Å². The van der Waals surface area contributed by atoms with Crippen molar-refractivity contribution in [1.82, 2.24) is 16.0 Å². The Morgan fingerprint density at radius 1 is 1.14 bits per heavy atom. The molecule has 0 saturated carbocycles. The van der Waals surface area contributed by atoms with Crippen LogP contribution in [-0.2, 0) is 20.9 Å². The average Bonchev–Trinajstić information content (AvgIpc) is 2.71. The molecule has 1 heterocycles. The number of carbonyl (C=O) groups excluding carboxylic acids is 2. The van der Waals surface area contributed by atoms with Crippen molar-refractivity contribution in [3.8, 4) is 11.5 Å². The summed E-state index contributed by atoms with van der Waals surface area (Å²) >= 11 is 0. The maximum Gasteiger partial charge on any atom is 0.257 e. The second-order valence-corrected chi connectivity index (χ2v) is 6.87. The summed E-state index contributed by atoms with van der Waals surface area (Å²) in [6.07, 6.45) is 1.51. The van der Waals surface area contributed by atoms with Crippen LogP contribution >= 0.6 is 0 Å². The molecule has 0 aromatic heterocycles. The van der Waals surface area contributed by atoms with Crippen LogP contribution in [0, 0.1) is 5.41 Å². The van der Waals surface area contributed by atoms with Crippen LogP contribution in [0.25, 0.3) is 0 Å². The molecule has 8 nitrogen and oxygen atoms in total. The molecule has 1 aliphatic heterocycles. The van der Waals surface area contributed by atoms with E-state index in [2.05, 4.69) is 16.0 Å². The van der Waals surface area contributed by atoms with Crippen LogP contribution in [0.2, 0.25) is 0 Å². The summed E-state index contributed by atoms with van der Waals surface area (Å²) in [5.41, 5.74) is 0.400. The van der Waals surface area contributed by atoms with E-state index < -0.39 is 5.41 Å². The molecule has 2 rings (SSSR count). The lowest BCUT2D eigenvalue weighted by Crippen LogP contribution is -2.49. The first-order valence-corrected chi connectivity index (χ1v) is 9.59. The van der Waals surface area contributed by atoms with Crippen molar-refractivity contribution in [3.63, 3.8) is 0 Å². The average molecular weight is 393 g/mol. The molecule has 0 atom stereocenters. The van der Waals surface area contributed by atoms with E-state index in [0.29, 0.717) is 31.2 Å². The fraction of sp³-hybridized carbons (Fsp3) is 0.600. The second kappa shape index (κ2) is 10.9. The highest BCUT2D eigenvalue weighted by Gasteiger charge is 2.39. The van der Waals surface area contributed by atoms with Crippen LogP contribution in [0.3, 0.4) is 0 Å². The highest BCUT2D eigenvalue weighted by molar-refractivity contribution is 5.83. The van der Waals surface area contributed by atoms with E-state index in [1.165, 1.54) is 0 Å². The van der Waals surface area contributed by atoms with Gasteiger partial charge in [-0.2, -0.15) is 0 Å². The monoisotopic (exact) mass is 393 g/mol. The summed E-state index contributed by atoms with van der Waals surface area (Å²) in [7, 11) is 3.17. The van der Waals surface area contributed by atoms with Crippen LogP contribution in [0.1, 0.15) is 25.3 Å². The molecule has 1 aliphatic rings. The summed E-state index contributed by atoms with van der Waals surface area (Å²) in [4.78, 5) is 24.4. The molecule has 156 valence electrons. The minimum Gasteiger partial charge on any atom is -0.493 e. The molecule has 1 fully saturated rings. The number of likely N-dealkylation sites (N-methyl/N-ethyl adjacent to an activating group) is 1. The van der Waals surface area contributed by atoms with Gasteiger partial charge in [0, 0.05) is 20.2 Å². The summed E-state index contributed by atoms with van der Waals surface area (Å²) in [6.45, 7) is 4.74. The number of nitrogens with one attached hydrogen (secondary N) is 3. The van der Waals surface area contributed by atoms with Crippen molar-refractivity contribution in [1.29, 1.82) is 0 Å². The SMILES string of the molecule is CCNC(=O)COc1ccc(CNC(=O)C2(COC)CCNCC2)cc1OC. The minimum absolute atomic E-state index is 0.00591. The van der Waals surface area contributed by atoms with Gasteiger partial charge < -0.3 is 30.2 Å². The molecule has 0 aliphatic carbocycles. The Labute approximate surface area is 166 Å². The molecule has 0 spiro atoms. The highest BCUT2D eigenvalue weighted by atomic mass is 16.5. The number of benzene rings is 1. The normalized spacial score (nSPS) is 15.5. The number of amides is 2. The standard InChI is InChI=1S/C20H31N3O5/c1-4-22-18(24)13-28-16-6-5-15(11-17(16)27-3)12-23-19(25)20(14-26-2)7-9-21-10-8-20/h5-6,11,21H,4,7-10,12-14H2,1-3H3,(H,22,24)(H,23,25). The van der Waals surface area contributed by atoms with Crippen LogP contribution in [-0.4, -0.2) is 58.9 Å². The van der Waals surface area contributed by atoms with E-state index in [1.807, 2.05) is 13.0 Å². The molecule has 1 aromatic rings. The molecule has 0 unspecified atom stereocenters. The van der Waals surface area contributed by atoms with Gasteiger partial charge in [0.05, 0.1) is 19.1 Å². The van der Waals surface area contributed by atoms with Crippen LogP contribution in [0.15, 0.2) is 18.2 Å². The Bertz CT molecular complexity index is 654. The van der Waals surface area contributed by atoms with Gasteiger partial charge in [-0.1, -0.05) is 6.07 Å². The van der Waals surface area contributed by atoms with E-state index in [1.54, 1.807) is 26.4 Å². The predicted molar refractivity (Wildman–Crippen MR) is 105 cm³/mol. The third-order valence-corrected chi connectivity index (χ3v) is 4.88. The van der Waals surface area contributed by atoms with E-state index >= 15 is 0 Å². The number of ether oxygens (including phenoxy) is 3. The Morgan fingerprint density at radius 2 is 1.89 bits per heavy atom. The smallest absolute Gasteiger partial charge is 0.257 e. The van der Waals surface area contributed by atoms with Crippen molar-refractivity contribution >= 4 is 11.8 Å². The lowest BCUT2D eigenvalue weighted by molar-refractivity contribution is -0.136. The van der Waals surface area contributed by atoms with Gasteiger partial charge in [-0.25, -0.2) is 0 Å². The van der Waals surface area contributed by atoms with Crippen LogP contribution in [0.4, 0.5) is 0 Å². The number of piperidine rings is 1. The number of hydrogen-bond donors (Lipinski definition) is 3. The number of hydrogen-bond acceptors (Lipinski definition) is 6. The quantitative estimate of drug-likeness (QED) is 0.545. The molecular weight excluding hydrogens is 362 g/mol. The topological polar surface area (TPSA) is 97.9 Å². The fourth-order valence-electron chi connectivity index (χ4n) is 3.32. The molecule has 3 N–H and O–H groups in total. The van der Waals surface area contributed by atoms with Crippen molar-refractivity contribution in [3.05, 3.63) is 23.8 Å². The zero-order chi connectivity index (χ0) is 20.4. The number of carbonyl (C=O) groups is 2. The summed E-state index contributed by atoms with van der Waals surface area (Å²) in [5.74, 6) is 0.820. The van der Waals surface area contributed by atoms with Crippen molar-refractivity contribution in [2.24, 2.45) is 5.41 Å². The van der Waals surface area contributed by atoms with Crippen molar-refractivity contribution < 1.29 is 23.8 Å². The van der Waals surface area contributed by atoms with Gasteiger partial charge in [-0.05, 0) is 50.6 Å². The first kappa shape index (κ1) is 22.0. The van der Waals surface area contributed by atoms with Crippen molar-refractivity contribution in [2.75, 3.05) is 47.1 Å². The lowest BCUT2D eigenvalue weighted by Gasteiger charge is -2.35. The van der Waals surface area contributed by atoms with Crippen molar-refractivity contribution in [2.45, 2.75) is 26.3 Å². The Hall–Kier alpha value is -2.32. The first-order valence-electron chi connectivity index (χ1n) is 9.59. The molecule has 28 heavy (non-hydrogen) atoms. The third kappa shape index (κ3) is 5.84. The second-order valence-electron chi connectivity index (χ2n) is 6.87. The molecule has 1 aromatic carbocycles. The van der Waals surface area contributed by atoms with E-state index in [4.69, 9.17) is 14.2 Å². The van der Waals surface area contributed by atoms with E-state index in [-0.39, 0.29) is 18.4 Å². The maximum atomic E-state index is 12.8. The fourth-order valence-corrected chi connectivity index (χ4v) is 3.32. The predicted octanol–water partition coefficient (Wildman–Crippen LogP) is 0.843. The summed E-state index contributed by atoms with van der Waals surface area (Å²) in [6, 6.07) is 5.40. The lowest BCUT2D eigenvalue weighted by atomic mass is 9.78. The largest absolute Gasteiger partial charge is 0.493 e. The summed E-state index contributed by atoms with van der Waals surface area (Å²) in [5, 5.41) is 8.98. The van der Waals surface area contributed by atoms with Gasteiger partial charge in [0.2, 0.25) is 5.91 Å². The molecule has 1 saturated heterocycles. The van der Waals surface area contributed by atoms with E-state index in [0.717, 1.165) is 31.5 Å². The molecule has 2 amide bonds. The van der Waals surface area contributed by atoms with E-state index in [9.17, 15) is 9.59 Å². The van der Waals surface area contributed by atoms with Gasteiger partial charge in [-0.3, -0.25) is 9.59 Å². The third-order valence-electron chi connectivity index (χ3n) is 4.88. The molecule has 8 heteroatoms. The molecular formula is C20H31N3O5. The number of methoxy groups -OCH3 is 2. The Morgan fingerprint density at radius 3 is 2.54 bits per heavy atom. The van der Waals surface area contributed by atoms with Crippen LogP contribution < -0.4 is 25.4 Å². The minimum atomic E-state index is -0.486. The number of rotatable bonds is 10. The first-order chi connectivity index (χ1) is 13.5. The zero-order valence-corrected chi connectivity index (χ0v) is 16.9. The van der Waals surface area contributed by atoms with Gasteiger partial charge in [0.15, 0.2) is 18.1 Å². The Balaban J connectivity index is 1.98. The van der Waals surface area contributed by atoms with Gasteiger partial charge in [-0.15, -0.1) is 0 Å². The van der Waals surface area contributed by atoms with Crippen LogP contribution in [0.5, 0.6) is 11.5 Å². The molecule has 0 radical (unpaired) electrons. The maximum absolute atomic E-state index is 12.8. The van der Waals surface area contributed by atoms with Gasteiger partial charge >= 0.3 is 0 Å².